The van der Waals surface area contributed by atoms with Crippen LogP contribution in [0.5, 0.6) is 0 Å². The summed E-state index contributed by atoms with van der Waals surface area (Å²) in [6.07, 6.45) is 1.78. The Morgan fingerprint density at radius 3 is 2.50 bits per heavy atom. The maximum absolute atomic E-state index is 3.99. The third-order valence-electron chi connectivity index (χ3n) is 3.10. The first-order valence-corrected chi connectivity index (χ1v) is 6.34. The maximum Gasteiger partial charge on any atom is 0.0651 e. The van der Waals surface area contributed by atoms with Gasteiger partial charge in [-0.05, 0) is 30.0 Å². The maximum atomic E-state index is 3.99. The zero-order chi connectivity index (χ0) is 13.2. The van der Waals surface area contributed by atoms with E-state index in [1.807, 2.05) is 6.07 Å². The molecule has 1 heterocycles. The Morgan fingerprint density at radius 1 is 1.17 bits per heavy atom. The first kappa shape index (κ1) is 12.7. The van der Waals surface area contributed by atoms with Gasteiger partial charge in [0.2, 0.25) is 0 Å². The number of nitrogens with one attached hydrogen (secondary N) is 2. The van der Waals surface area contributed by atoms with Crippen molar-refractivity contribution in [2.45, 2.75) is 39.2 Å². The van der Waals surface area contributed by atoms with Gasteiger partial charge < -0.3 is 5.32 Å². The molecule has 0 bridgehead atoms. The molecule has 0 aliphatic rings. The molecule has 1 unspecified atom stereocenters. The van der Waals surface area contributed by atoms with Crippen LogP contribution in [0.4, 0.5) is 5.69 Å². The fourth-order valence-corrected chi connectivity index (χ4v) is 2.08. The highest BCUT2D eigenvalue weighted by Crippen LogP contribution is 2.31. The smallest absolute Gasteiger partial charge is 0.0651 e. The molecule has 1 atom stereocenters. The van der Waals surface area contributed by atoms with Crippen LogP contribution < -0.4 is 5.32 Å². The summed E-state index contributed by atoms with van der Waals surface area (Å²) in [5, 5.41) is 10.5. The molecule has 0 saturated heterocycles. The van der Waals surface area contributed by atoms with Crippen molar-refractivity contribution in [1.29, 1.82) is 0 Å². The van der Waals surface area contributed by atoms with E-state index in [1.54, 1.807) is 6.20 Å². The SMILES string of the molecule is CC(Nc1ccccc1C(C)(C)C)c1ccn[nH]1. The summed E-state index contributed by atoms with van der Waals surface area (Å²) in [6.45, 7) is 8.82. The summed E-state index contributed by atoms with van der Waals surface area (Å²) in [5.41, 5.74) is 3.75. The predicted molar refractivity (Wildman–Crippen MR) is 75.8 cm³/mol. The van der Waals surface area contributed by atoms with Gasteiger partial charge in [-0.3, -0.25) is 5.10 Å². The molecule has 3 heteroatoms. The van der Waals surface area contributed by atoms with Gasteiger partial charge in [0.25, 0.3) is 0 Å². The number of para-hydroxylation sites is 1. The third-order valence-corrected chi connectivity index (χ3v) is 3.10. The number of anilines is 1. The molecule has 96 valence electrons. The lowest BCUT2D eigenvalue weighted by Gasteiger charge is -2.25. The van der Waals surface area contributed by atoms with Crippen LogP contribution in [0.1, 0.15) is 45.0 Å². The minimum absolute atomic E-state index is 0.136. The van der Waals surface area contributed by atoms with E-state index in [0.29, 0.717) is 0 Å². The zero-order valence-corrected chi connectivity index (χ0v) is 11.5. The van der Waals surface area contributed by atoms with E-state index in [9.17, 15) is 0 Å². The summed E-state index contributed by atoms with van der Waals surface area (Å²) < 4.78 is 0. The average molecular weight is 243 g/mol. The zero-order valence-electron chi connectivity index (χ0n) is 11.5. The van der Waals surface area contributed by atoms with Crippen molar-refractivity contribution in [3.8, 4) is 0 Å². The Kier molecular flexibility index (Phi) is 3.41. The standard InChI is InChI=1S/C15H21N3/c1-11(13-9-10-16-18-13)17-14-8-6-5-7-12(14)15(2,3)4/h5-11,17H,1-4H3,(H,16,18). The van der Waals surface area contributed by atoms with E-state index in [0.717, 1.165) is 5.69 Å². The lowest BCUT2D eigenvalue weighted by atomic mass is 9.85. The molecule has 1 aromatic heterocycles. The fourth-order valence-electron chi connectivity index (χ4n) is 2.08. The number of aromatic nitrogens is 2. The fraction of sp³-hybridized carbons (Fsp3) is 0.400. The van der Waals surface area contributed by atoms with Crippen LogP contribution in [0.15, 0.2) is 36.5 Å². The van der Waals surface area contributed by atoms with Crippen molar-refractivity contribution < 1.29 is 0 Å². The molecule has 0 radical (unpaired) electrons. The molecule has 2 N–H and O–H groups in total. The van der Waals surface area contributed by atoms with Gasteiger partial charge in [-0.1, -0.05) is 39.0 Å². The highest BCUT2D eigenvalue weighted by Gasteiger charge is 2.18. The minimum Gasteiger partial charge on any atom is -0.377 e. The van der Waals surface area contributed by atoms with E-state index in [1.165, 1.54) is 11.3 Å². The lowest BCUT2D eigenvalue weighted by molar-refractivity contribution is 0.590. The Hall–Kier alpha value is -1.77. The summed E-state index contributed by atoms with van der Waals surface area (Å²) in [5.74, 6) is 0. The van der Waals surface area contributed by atoms with Crippen LogP contribution in [0.25, 0.3) is 0 Å². The number of rotatable bonds is 3. The number of hydrogen-bond donors (Lipinski definition) is 2. The summed E-state index contributed by atoms with van der Waals surface area (Å²) in [6, 6.07) is 10.7. The quantitative estimate of drug-likeness (QED) is 0.859. The van der Waals surface area contributed by atoms with Crippen LogP contribution in [0.3, 0.4) is 0 Å². The normalized spacial score (nSPS) is 13.3. The number of aromatic amines is 1. The molecule has 0 spiro atoms. The van der Waals surface area contributed by atoms with Crippen LogP contribution in [0, 0.1) is 0 Å². The van der Waals surface area contributed by atoms with Gasteiger partial charge in [0, 0.05) is 11.9 Å². The molecule has 18 heavy (non-hydrogen) atoms. The van der Waals surface area contributed by atoms with Crippen molar-refractivity contribution in [2.24, 2.45) is 0 Å². The molecule has 0 aliphatic heterocycles. The van der Waals surface area contributed by atoms with E-state index >= 15 is 0 Å². The number of benzene rings is 1. The van der Waals surface area contributed by atoms with Crippen LogP contribution in [-0.2, 0) is 5.41 Å². The predicted octanol–water partition coefficient (Wildman–Crippen LogP) is 3.88. The molecule has 0 saturated carbocycles. The number of hydrogen-bond acceptors (Lipinski definition) is 2. The minimum atomic E-state index is 0.136. The van der Waals surface area contributed by atoms with Crippen LogP contribution in [0.2, 0.25) is 0 Å². The van der Waals surface area contributed by atoms with E-state index in [4.69, 9.17) is 0 Å². The summed E-state index contributed by atoms with van der Waals surface area (Å²) in [7, 11) is 0. The Labute approximate surface area is 109 Å². The lowest BCUT2D eigenvalue weighted by Crippen LogP contribution is -2.16. The van der Waals surface area contributed by atoms with Crippen molar-refractivity contribution in [1.82, 2.24) is 10.2 Å². The van der Waals surface area contributed by atoms with Crippen molar-refractivity contribution in [2.75, 3.05) is 5.32 Å². The van der Waals surface area contributed by atoms with Gasteiger partial charge in [0.15, 0.2) is 0 Å². The van der Waals surface area contributed by atoms with Crippen molar-refractivity contribution in [3.05, 3.63) is 47.8 Å². The topological polar surface area (TPSA) is 40.7 Å². The third kappa shape index (κ3) is 2.73. The van der Waals surface area contributed by atoms with Gasteiger partial charge in [-0.15, -0.1) is 0 Å². The molecule has 2 aromatic rings. The molecule has 0 fully saturated rings. The molecule has 1 aromatic carbocycles. The first-order valence-electron chi connectivity index (χ1n) is 6.34. The molecule has 0 amide bonds. The Morgan fingerprint density at radius 2 is 1.89 bits per heavy atom. The second-order valence-corrected chi connectivity index (χ2v) is 5.67. The molecular weight excluding hydrogens is 222 g/mol. The van der Waals surface area contributed by atoms with Crippen molar-refractivity contribution >= 4 is 5.69 Å². The largest absolute Gasteiger partial charge is 0.377 e. The van der Waals surface area contributed by atoms with E-state index in [2.05, 4.69) is 67.5 Å². The Bertz CT molecular complexity index is 495. The average Bonchev–Trinajstić information content (AvgIpc) is 2.81. The van der Waals surface area contributed by atoms with Crippen LogP contribution in [-0.4, -0.2) is 10.2 Å². The van der Waals surface area contributed by atoms with Gasteiger partial charge >= 0.3 is 0 Å². The van der Waals surface area contributed by atoms with Crippen molar-refractivity contribution in [3.63, 3.8) is 0 Å². The van der Waals surface area contributed by atoms with Gasteiger partial charge in [0.05, 0.1) is 11.7 Å². The first-order chi connectivity index (χ1) is 8.48. The molecule has 3 nitrogen and oxygen atoms in total. The van der Waals surface area contributed by atoms with E-state index in [-0.39, 0.29) is 11.5 Å². The molecule has 0 aliphatic carbocycles. The highest BCUT2D eigenvalue weighted by molar-refractivity contribution is 5.55. The Balaban J connectivity index is 2.24. The van der Waals surface area contributed by atoms with Gasteiger partial charge in [0.1, 0.15) is 0 Å². The highest BCUT2D eigenvalue weighted by atomic mass is 15.1. The second kappa shape index (κ2) is 4.84. The second-order valence-electron chi connectivity index (χ2n) is 5.67. The number of nitrogens with zero attached hydrogens (tertiary/aromatic N) is 1. The molecule has 2 rings (SSSR count). The monoisotopic (exact) mass is 243 g/mol. The van der Waals surface area contributed by atoms with E-state index < -0.39 is 0 Å². The van der Waals surface area contributed by atoms with Gasteiger partial charge in [-0.25, -0.2) is 0 Å². The number of H-pyrrole nitrogens is 1. The van der Waals surface area contributed by atoms with Crippen LogP contribution >= 0.6 is 0 Å². The van der Waals surface area contributed by atoms with Gasteiger partial charge in [-0.2, -0.15) is 5.10 Å². The summed E-state index contributed by atoms with van der Waals surface area (Å²) >= 11 is 0. The molecular formula is C15H21N3. The summed E-state index contributed by atoms with van der Waals surface area (Å²) in [4.78, 5) is 0.